The molecular weight excluding hydrogens is 377 g/mol. The number of nitrogens with zero attached hydrogens (tertiary/aromatic N) is 2. The van der Waals surface area contributed by atoms with Gasteiger partial charge in [0.1, 0.15) is 6.29 Å². The summed E-state index contributed by atoms with van der Waals surface area (Å²) >= 11 is 0. The topological polar surface area (TPSA) is 85.1 Å². The molecule has 0 aromatic heterocycles. The van der Waals surface area contributed by atoms with Gasteiger partial charge >= 0.3 is 13.6 Å². The Morgan fingerprint density at radius 2 is 1.36 bits per heavy atom. The Hall–Kier alpha value is -2.18. The number of carbonyl (C=O) groups excluding carboxylic acids is 1. The van der Waals surface area contributed by atoms with Crippen molar-refractivity contribution in [1.82, 2.24) is 9.91 Å². The molecule has 0 aliphatic rings. The van der Waals surface area contributed by atoms with E-state index in [0.717, 1.165) is 16.1 Å². The molecule has 8 heteroatoms. The predicted octanol–water partition coefficient (Wildman–Crippen LogP) is 4.21. The van der Waals surface area contributed by atoms with Crippen LogP contribution >= 0.6 is 7.60 Å². The fraction of sp³-hybridized carbons (Fsp3) is 0.350. The molecule has 0 aliphatic heterocycles. The van der Waals surface area contributed by atoms with E-state index in [4.69, 9.17) is 14.9 Å². The number of hydrogen-bond acceptors (Lipinski definition) is 5. The third-order valence-electron chi connectivity index (χ3n) is 3.92. The van der Waals surface area contributed by atoms with Crippen molar-refractivity contribution >= 4 is 13.6 Å². The van der Waals surface area contributed by atoms with Crippen molar-refractivity contribution in [3.05, 3.63) is 71.8 Å². The fourth-order valence-electron chi connectivity index (χ4n) is 2.73. The maximum absolute atomic E-state index is 13.0. The number of nitrogens with two attached hydrogens (primary N) is 1. The molecule has 0 spiro atoms. The number of rotatable bonds is 10. The van der Waals surface area contributed by atoms with Crippen LogP contribution in [0, 0.1) is 0 Å². The van der Waals surface area contributed by atoms with Crippen LogP contribution in [0.25, 0.3) is 0 Å². The number of hydrogen-bond donors (Lipinski definition) is 1. The summed E-state index contributed by atoms with van der Waals surface area (Å²) < 4.78 is 23.7. The van der Waals surface area contributed by atoms with E-state index in [0.29, 0.717) is 0 Å². The first kappa shape index (κ1) is 22.1. The first-order valence-electron chi connectivity index (χ1n) is 9.24. The van der Waals surface area contributed by atoms with E-state index >= 15 is 0 Å². The van der Waals surface area contributed by atoms with Gasteiger partial charge in [0.2, 0.25) is 0 Å². The molecular formula is C20H28N3O4P. The zero-order valence-corrected chi connectivity index (χ0v) is 17.3. The van der Waals surface area contributed by atoms with Crippen LogP contribution in [-0.2, 0) is 26.7 Å². The lowest BCUT2D eigenvalue weighted by molar-refractivity contribution is 0.145. The highest BCUT2D eigenvalue weighted by molar-refractivity contribution is 7.53. The van der Waals surface area contributed by atoms with Crippen molar-refractivity contribution in [2.24, 2.45) is 5.84 Å². The zero-order valence-electron chi connectivity index (χ0n) is 16.4. The van der Waals surface area contributed by atoms with E-state index < -0.39 is 13.6 Å². The largest absolute Gasteiger partial charge is 0.349 e. The second-order valence-corrected chi connectivity index (χ2v) is 8.19. The van der Waals surface area contributed by atoms with Gasteiger partial charge in [-0.25, -0.2) is 10.6 Å². The Morgan fingerprint density at radius 3 is 1.82 bits per heavy atom. The molecule has 0 fully saturated rings. The standard InChI is InChI=1S/C20H28N3O4P/c1-3-26-28(25,27-4-2)17-22(15-18-11-7-5-8-12-18)20(24)23(21)16-19-13-9-6-10-14-19/h5-14H,3-4,15-17,21H2,1-2H3. The van der Waals surface area contributed by atoms with Crippen LogP contribution in [-0.4, -0.2) is 35.4 Å². The zero-order chi connectivity index (χ0) is 20.4. The van der Waals surface area contributed by atoms with Gasteiger partial charge < -0.3 is 13.9 Å². The number of hydrazine groups is 1. The lowest BCUT2D eigenvalue weighted by Crippen LogP contribution is -2.46. The van der Waals surface area contributed by atoms with Gasteiger partial charge in [0.15, 0.2) is 0 Å². The molecule has 2 N–H and O–H groups in total. The molecule has 0 atom stereocenters. The number of amides is 2. The molecule has 0 radical (unpaired) electrons. The molecule has 0 unspecified atom stereocenters. The second kappa shape index (κ2) is 11.0. The Morgan fingerprint density at radius 1 is 0.893 bits per heavy atom. The molecule has 2 rings (SSSR count). The van der Waals surface area contributed by atoms with Gasteiger partial charge in [-0.1, -0.05) is 60.7 Å². The van der Waals surface area contributed by atoms with Crippen molar-refractivity contribution in [3.63, 3.8) is 0 Å². The van der Waals surface area contributed by atoms with Crippen LogP contribution < -0.4 is 5.84 Å². The summed E-state index contributed by atoms with van der Waals surface area (Å²) in [6.07, 6.45) is -0.176. The van der Waals surface area contributed by atoms with Crippen molar-refractivity contribution in [3.8, 4) is 0 Å². The highest BCUT2D eigenvalue weighted by atomic mass is 31.2. The number of benzene rings is 2. The molecule has 0 heterocycles. The van der Waals surface area contributed by atoms with Crippen LogP contribution in [0.5, 0.6) is 0 Å². The molecule has 2 amide bonds. The SMILES string of the molecule is CCOP(=O)(CN(Cc1ccccc1)C(=O)N(N)Cc1ccccc1)OCC. The molecule has 28 heavy (non-hydrogen) atoms. The first-order valence-corrected chi connectivity index (χ1v) is 11.0. The minimum atomic E-state index is -3.47. The van der Waals surface area contributed by atoms with Crippen molar-refractivity contribution < 1.29 is 18.4 Å². The van der Waals surface area contributed by atoms with E-state index in [2.05, 4.69) is 0 Å². The molecule has 0 aliphatic carbocycles. The van der Waals surface area contributed by atoms with E-state index in [1.807, 2.05) is 60.7 Å². The molecule has 2 aromatic carbocycles. The van der Waals surface area contributed by atoms with Gasteiger partial charge in [0, 0.05) is 6.54 Å². The minimum Gasteiger partial charge on any atom is -0.308 e. The van der Waals surface area contributed by atoms with Gasteiger partial charge in [-0.05, 0) is 25.0 Å². The maximum atomic E-state index is 13.0. The second-order valence-electron chi connectivity index (χ2n) is 6.17. The van der Waals surface area contributed by atoms with Crippen LogP contribution in [0.1, 0.15) is 25.0 Å². The Bertz CT molecular complexity index is 764. The van der Waals surface area contributed by atoms with E-state index in [-0.39, 0.29) is 32.6 Å². The molecule has 7 nitrogen and oxygen atoms in total. The average Bonchev–Trinajstić information content (AvgIpc) is 2.69. The lowest BCUT2D eigenvalue weighted by Gasteiger charge is -2.30. The maximum Gasteiger partial charge on any atom is 0.349 e. The van der Waals surface area contributed by atoms with Gasteiger partial charge in [-0.3, -0.25) is 9.57 Å². The van der Waals surface area contributed by atoms with E-state index in [1.165, 1.54) is 4.90 Å². The first-order chi connectivity index (χ1) is 13.5. The quantitative estimate of drug-likeness (QED) is 0.277. The van der Waals surface area contributed by atoms with E-state index in [9.17, 15) is 9.36 Å². The summed E-state index contributed by atoms with van der Waals surface area (Å²) in [5, 5.41) is 1.11. The summed E-state index contributed by atoms with van der Waals surface area (Å²) in [5.41, 5.74) is 1.79. The lowest BCUT2D eigenvalue weighted by atomic mass is 10.2. The highest BCUT2D eigenvalue weighted by Crippen LogP contribution is 2.48. The summed E-state index contributed by atoms with van der Waals surface area (Å²) in [4.78, 5) is 14.4. The molecule has 0 bridgehead atoms. The predicted molar refractivity (Wildman–Crippen MR) is 109 cm³/mol. The Balaban J connectivity index is 2.20. The molecule has 152 valence electrons. The average molecular weight is 405 g/mol. The minimum absolute atomic E-state index is 0.176. The smallest absolute Gasteiger partial charge is 0.308 e. The highest BCUT2D eigenvalue weighted by Gasteiger charge is 2.31. The van der Waals surface area contributed by atoms with E-state index in [1.54, 1.807) is 13.8 Å². The summed E-state index contributed by atoms with van der Waals surface area (Å²) in [5.74, 6) is 6.04. The van der Waals surface area contributed by atoms with Gasteiger partial charge in [0.05, 0.1) is 19.8 Å². The van der Waals surface area contributed by atoms with Crippen LogP contribution in [0.3, 0.4) is 0 Å². The monoisotopic (exact) mass is 405 g/mol. The molecule has 0 saturated heterocycles. The number of carbonyl (C=O) groups is 1. The van der Waals surface area contributed by atoms with Gasteiger partial charge in [0.25, 0.3) is 0 Å². The van der Waals surface area contributed by atoms with Crippen molar-refractivity contribution in [2.45, 2.75) is 26.9 Å². The van der Waals surface area contributed by atoms with Crippen LogP contribution in [0.2, 0.25) is 0 Å². The van der Waals surface area contributed by atoms with Crippen LogP contribution in [0.15, 0.2) is 60.7 Å². The Labute approximate surface area is 166 Å². The van der Waals surface area contributed by atoms with Crippen molar-refractivity contribution in [2.75, 3.05) is 19.5 Å². The Kier molecular flexibility index (Phi) is 8.67. The molecule has 0 saturated carbocycles. The molecule has 2 aromatic rings. The normalized spacial score (nSPS) is 11.2. The number of urea groups is 1. The van der Waals surface area contributed by atoms with Crippen molar-refractivity contribution in [1.29, 1.82) is 0 Å². The van der Waals surface area contributed by atoms with Crippen LogP contribution in [0.4, 0.5) is 4.79 Å². The van der Waals surface area contributed by atoms with Gasteiger partial charge in [-0.2, -0.15) is 0 Å². The third kappa shape index (κ3) is 6.77. The summed E-state index contributed by atoms with van der Waals surface area (Å²) in [6.45, 7) is 4.40. The third-order valence-corrected chi connectivity index (χ3v) is 5.91. The fourth-order valence-corrected chi connectivity index (χ4v) is 4.40. The summed E-state index contributed by atoms with van der Waals surface area (Å²) in [7, 11) is -3.47. The van der Waals surface area contributed by atoms with Gasteiger partial charge in [-0.15, -0.1) is 0 Å². The summed E-state index contributed by atoms with van der Waals surface area (Å²) in [6, 6.07) is 18.4.